The average Bonchev–Trinajstić information content (AvgIpc) is 2.72. The fourth-order valence-electron chi connectivity index (χ4n) is 0.770. The van der Waals surface area contributed by atoms with Gasteiger partial charge in [-0.2, -0.15) is 54.4 Å². The van der Waals surface area contributed by atoms with Crippen LogP contribution >= 0.6 is 0 Å². The second kappa shape index (κ2) is 20.6. The first-order chi connectivity index (χ1) is 8.35. The van der Waals surface area contributed by atoms with E-state index in [4.69, 9.17) is 0 Å². The van der Waals surface area contributed by atoms with E-state index in [0.717, 1.165) is 5.19 Å². The van der Waals surface area contributed by atoms with Gasteiger partial charge in [0.1, 0.15) is 0 Å². The molecule has 0 N–H and O–H groups in total. The molecule has 0 spiro atoms. The van der Waals surface area contributed by atoms with E-state index in [1.54, 1.807) is 55.4 Å². The first-order valence-corrected chi connectivity index (χ1v) is 8.58. The molecular weight excluding hydrogens is 336 g/mol. The Labute approximate surface area is 139 Å². The Hall–Kier alpha value is 0.260. The standard InChI is InChI=1S/C7H10FSi.3C2H6N.Zr/c1-9(2,8)7-5-3-4-6-7;3*1-3-2;/h3-6H,1-2H3;3*1-2H3;/q4*-1;+4. The molecule has 1 aromatic rings. The molecule has 110 valence electrons. The second-order valence-corrected chi connectivity index (χ2v) is 7.51. The summed E-state index contributed by atoms with van der Waals surface area (Å²) in [6, 6.07) is 7.46. The molecule has 19 heavy (non-hydrogen) atoms. The molecule has 6 heteroatoms. The third-order valence-electron chi connectivity index (χ3n) is 1.35. The summed E-state index contributed by atoms with van der Waals surface area (Å²) in [4.78, 5) is 0. The van der Waals surface area contributed by atoms with Crippen LogP contribution in [0.4, 0.5) is 4.11 Å². The molecule has 0 radical (unpaired) electrons. The first kappa shape index (κ1) is 27.6. The third-order valence-corrected chi connectivity index (χ3v) is 3.06. The van der Waals surface area contributed by atoms with Crippen LogP contribution in [0.5, 0.6) is 0 Å². The van der Waals surface area contributed by atoms with Gasteiger partial charge in [-0.1, -0.05) is 0 Å². The Balaban J connectivity index is -0.0000000956. The van der Waals surface area contributed by atoms with Gasteiger partial charge in [0, 0.05) is 0 Å². The molecular formula is C13H28FN3SiZr. The number of hydrogen-bond donors (Lipinski definition) is 0. The molecule has 1 rings (SSSR count). The first-order valence-electron chi connectivity index (χ1n) is 5.70. The molecule has 0 saturated heterocycles. The minimum atomic E-state index is -2.48. The van der Waals surface area contributed by atoms with Gasteiger partial charge in [0.15, 0.2) is 0 Å². The van der Waals surface area contributed by atoms with Crippen molar-refractivity contribution >= 4 is 13.6 Å². The fraction of sp³-hybridized carbons (Fsp3) is 0.615. The molecule has 0 fully saturated rings. The quantitative estimate of drug-likeness (QED) is 0.415. The molecule has 3 nitrogen and oxygen atoms in total. The third kappa shape index (κ3) is 27.5. The van der Waals surface area contributed by atoms with Gasteiger partial charge in [-0.3, -0.25) is 0 Å². The largest absolute Gasteiger partial charge is 4.00 e. The van der Waals surface area contributed by atoms with Crippen molar-refractivity contribution in [1.29, 1.82) is 0 Å². The number of rotatable bonds is 1. The zero-order chi connectivity index (χ0) is 15.0. The predicted octanol–water partition coefficient (Wildman–Crippen LogP) is 3.64. The molecule has 0 aliphatic heterocycles. The van der Waals surface area contributed by atoms with Gasteiger partial charge in [-0.15, -0.1) is 5.19 Å². The molecule has 0 aliphatic rings. The van der Waals surface area contributed by atoms with Crippen LogP contribution < -0.4 is 5.19 Å². The van der Waals surface area contributed by atoms with Crippen molar-refractivity contribution in [3.05, 3.63) is 40.2 Å². The van der Waals surface area contributed by atoms with Gasteiger partial charge in [-0.25, -0.2) is 12.1 Å². The molecule has 0 saturated carbocycles. The van der Waals surface area contributed by atoms with Gasteiger partial charge in [0.25, 0.3) is 0 Å². The summed E-state index contributed by atoms with van der Waals surface area (Å²) in [6.45, 7) is 3.39. The Morgan fingerprint density at radius 2 is 1.00 bits per heavy atom. The van der Waals surface area contributed by atoms with Crippen LogP contribution in [0.15, 0.2) is 24.3 Å². The Morgan fingerprint density at radius 1 is 0.789 bits per heavy atom. The Kier molecular flexibility index (Phi) is 29.9. The van der Waals surface area contributed by atoms with Gasteiger partial charge in [0.2, 0.25) is 8.41 Å². The zero-order valence-corrected chi connectivity index (χ0v) is 17.0. The van der Waals surface area contributed by atoms with E-state index in [2.05, 4.69) is 16.0 Å². The number of halogens is 1. The Bertz CT molecular complexity index is 222. The van der Waals surface area contributed by atoms with Crippen molar-refractivity contribution in [2.75, 3.05) is 42.3 Å². The maximum atomic E-state index is 13.1. The minimum Gasteiger partial charge on any atom is -0.668 e. The van der Waals surface area contributed by atoms with Crippen LogP contribution in [-0.2, 0) is 26.2 Å². The van der Waals surface area contributed by atoms with Crippen LogP contribution in [0.2, 0.25) is 13.1 Å². The van der Waals surface area contributed by atoms with Crippen LogP contribution in [-0.4, -0.2) is 50.7 Å². The van der Waals surface area contributed by atoms with E-state index in [1.165, 1.54) is 0 Å². The van der Waals surface area contributed by atoms with Gasteiger partial charge in [0.05, 0.1) is 0 Å². The second-order valence-electron chi connectivity index (χ2n) is 3.99. The van der Waals surface area contributed by atoms with Gasteiger partial charge >= 0.3 is 26.2 Å². The maximum absolute atomic E-state index is 13.1. The van der Waals surface area contributed by atoms with Crippen molar-refractivity contribution < 1.29 is 30.3 Å². The number of hydrogen-bond acceptors (Lipinski definition) is 0. The normalized spacial score (nSPS) is 8.47. The van der Waals surface area contributed by atoms with Gasteiger partial charge in [-0.05, 0) is 13.1 Å². The summed E-state index contributed by atoms with van der Waals surface area (Å²) in [7, 11) is 8.02. The van der Waals surface area contributed by atoms with E-state index in [9.17, 15) is 4.11 Å². The molecule has 0 bridgehead atoms. The Morgan fingerprint density at radius 3 is 1.11 bits per heavy atom. The molecule has 1 aromatic carbocycles. The molecule has 0 atom stereocenters. The van der Waals surface area contributed by atoms with Crippen molar-refractivity contribution in [3.63, 3.8) is 0 Å². The van der Waals surface area contributed by atoms with Crippen molar-refractivity contribution in [2.45, 2.75) is 13.1 Å². The summed E-state index contributed by atoms with van der Waals surface area (Å²) < 4.78 is 13.1. The van der Waals surface area contributed by atoms with Crippen molar-refractivity contribution in [2.24, 2.45) is 0 Å². The number of nitrogens with zero attached hydrogens (tertiary/aromatic N) is 3. The SMILES string of the molecule is C[N-]C.C[N-]C.C[N-]C.C[Si](C)(F)[c-]1cccc1.[Zr+4]. The summed E-state index contributed by atoms with van der Waals surface area (Å²) in [5.41, 5.74) is 0. The summed E-state index contributed by atoms with van der Waals surface area (Å²) in [5.74, 6) is 0. The monoisotopic (exact) mass is 363 g/mol. The topological polar surface area (TPSA) is 42.3 Å². The molecule has 0 heterocycles. The summed E-state index contributed by atoms with van der Waals surface area (Å²) in [6.07, 6.45) is 0. The van der Waals surface area contributed by atoms with E-state index >= 15 is 0 Å². The van der Waals surface area contributed by atoms with E-state index in [1.807, 2.05) is 24.3 Å². The molecule has 0 amide bonds. The predicted molar refractivity (Wildman–Crippen MR) is 85.9 cm³/mol. The van der Waals surface area contributed by atoms with Crippen LogP contribution in [0, 0.1) is 0 Å². The summed E-state index contributed by atoms with van der Waals surface area (Å²) >= 11 is 0. The van der Waals surface area contributed by atoms with Crippen LogP contribution in [0.1, 0.15) is 0 Å². The fourth-order valence-corrected chi connectivity index (χ4v) is 1.76. The van der Waals surface area contributed by atoms with Crippen LogP contribution in [0.3, 0.4) is 0 Å². The maximum Gasteiger partial charge on any atom is 4.00 e. The molecule has 0 unspecified atom stereocenters. The minimum absolute atomic E-state index is 0. The van der Waals surface area contributed by atoms with E-state index < -0.39 is 8.41 Å². The van der Waals surface area contributed by atoms with Crippen LogP contribution in [0.25, 0.3) is 16.0 Å². The van der Waals surface area contributed by atoms with Crippen molar-refractivity contribution in [3.8, 4) is 0 Å². The molecule has 0 aromatic heterocycles. The smallest absolute Gasteiger partial charge is 0.668 e. The summed E-state index contributed by atoms with van der Waals surface area (Å²) in [5, 5.41) is 11.4. The van der Waals surface area contributed by atoms with E-state index in [0.29, 0.717) is 0 Å². The van der Waals surface area contributed by atoms with Gasteiger partial charge < -0.3 is 20.1 Å². The van der Waals surface area contributed by atoms with E-state index in [-0.39, 0.29) is 26.2 Å². The van der Waals surface area contributed by atoms with Crippen molar-refractivity contribution in [1.82, 2.24) is 0 Å². The zero-order valence-electron chi connectivity index (χ0n) is 13.5. The average molecular weight is 365 g/mol. The molecule has 0 aliphatic carbocycles.